The summed E-state index contributed by atoms with van der Waals surface area (Å²) in [5.41, 5.74) is 1.66. The molecule has 0 fully saturated rings. The average molecular weight is 338 g/mol. The minimum atomic E-state index is -0.644. The maximum absolute atomic E-state index is 14.0. The van der Waals surface area contributed by atoms with Gasteiger partial charge in [-0.3, -0.25) is 4.79 Å². The van der Waals surface area contributed by atoms with Crippen molar-refractivity contribution >= 4 is 22.5 Å². The van der Waals surface area contributed by atoms with E-state index >= 15 is 0 Å². The summed E-state index contributed by atoms with van der Waals surface area (Å²) in [5.74, 6) is -0.503. The van der Waals surface area contributed by atoms with E-state index in [9.17, 15) is 9.18 Å². The second-order valence-electron chi connectivity index (χ2n) is 6.21. The maximum Gasteiger partial charge on any atom is 0.255 e. The second-order valence-corrected chi connectivity index (χ2v) is 6.21. The zero-order valence-corrected chi connectivity index (χ0v) is 14.1. The van der Waals surface area contributed by atoms with Crippen molar-refractivity contribution in [3.8, 4) is 5.75 Å². The van der Waals surface area contributed by atoms with Gasteiger partial charge in [0.2, 0.25) is 0 Å². The summed E-state index contributed by atoms with van der Waals surface area (Å²) in [4.78, 5) is 16.3. The first-order valence-electron chi connectivity index (χ1n) is 8.12. The number of carbonyl (C=O) groups is 1. The van der Waals surface area contributed by atoms with Gasteiger partial charge < -0.3 is 10.1 Å². The number of para-hydroxylation sites is 1. The fourth-order valence-corrected chi connectivity index (χ4v) is 2.36. The first kappa shape index (κ1) is 16.9. The van der Waals surface area contributed by atoms with E-state index in [0.717, 1.165) is 0 Å². The van der Waals surface area contributed by atoms with Crippen LogP contribution in [0, 0.1) is 11.9 Å². The summed E-state index contributed by atoms with van der Waals surface area (Å²) in [6.07, 6.45) is 0. The Labute approximate surface area is 145 Å². The average Bonchev–Trinajstić information content (AvgIpc) is 2.60. The molecule has 0 saturated carbocycles. The molecule has 1 amide bonds. The Morgan fingerprint density at radius 3 is 2.64 bits per heavy atom. The van der Waals surface area contributed by atoms with Crippen LogP contribution in [0.15, 0.2) is 54.6 Å². The van der Waals surface area contributed by atoms with Gasteiger partial charge in [0.15, 0.2) is 5.75 Å². The van der Waals surface area contributed by atoms with E-state index in [1.807, 2.05) is 44.2 Å². The minimum absolute atomic E-state index is 0.0989. The molecule has 128 valence electrons. The molecule has 0 aliphatic rings. The van der Waals surface area contributed by atoms with Gasteiger partial charge in [0.1, 0.15) is 0 Å². The van der Waals surface area contributed by atoms with E-state index in [4.69, 9.17) is 4.74 Å². The summed E-state index contributed by atoms with van der Waals surface area (Å²) in [6, 6.07) is 15.7. The molecule has 0 aliphatic carbocycles. The Balaban J connectivity index is 1.87. The number of nitrogens with zero attached hydrogens (tertiary/aromatic N) is 1. The second kappa shape index (κ2) is 7.30. The van der Waals surface area contributed by atoms with Crippen molar-refractivity contribution in [3.63, 3.8) is 0 Å². The minimum Gasteiger partial charge on any atom is -0.488 e. The normalized spacial score (nSPS) is 10.9. The maximum atomic E-state index is 14.0. The fraction of sp³-hybridized carbons (Fsp3) is 0.200. The number of ether oxygens (including phenoxy) is 1. The predicted octanol–water partition coefficient (Wildman–Crippen LogP) is 4.66. The van der Waals surface area contributed by atoms with Crippen molar-refractivity contribution in [2.24, 2.45) is 5.92 Å². The van der Waals surface area contributed by atoms with Gasteiger partial charge in [-0.2, -0.15) is 4.39 Å². The molecule has 0 atom stereocenters. The number of hydrogen-bond acceptors (Lipinski definition) is 3. The van der Waals surface area contributed by atoms with Crippen molar-refractivity contribution < 1.29 is 13.9 Å². The van der Waals surface area contributed by atoms with Crippen LogP contribution in [0.3, 0.4) is 0 Å². The molecule has 4 nitrogen and oxygen atoms in total. The van der Waals surface area contributed by atoms with Crippen LogP contribution < -0.4 is 10.1 Å². The lowest BCUT2D eigenvalue weighted by atomic mass is 10.1. The zero-order chi connectivity index (χ0) is 17.8. The molecule has 0 unspecified atom stereocenters. The fourth-order valence-electron chi connectivity index (χ4n) is 2.36. The van der Waals surface area contributed by atoms with Gasteiger partial charge in [-0.1, -0.05) is 32.0 Å². The molecule has 3 aromatic rings. The van der Waals surface area contributed by atoms with Gasteiger partial charge in [-0.25, -0.2) is 4.98 Å². The molecule has 25 heavy (non-hydrogen) atoms. The Hall–Kier alpha value is -2.95. The highest BCUT2D eigenvalue weighted by Crippen LogP contribution is 2.24. The molecule has 0 bridgehead atoms. The van der Waals surface area contributed by atoms with Crippen LogP contribution in [-0.4, -0.2) is 17.5 Å². The van der Waals surface area contributed by atoms with Crippen molar-refractivity contribution in [3.05, 3.63) is 66.1 Å². The monoisotopic (exact) mass is 338 g/mol. The third kappa shape index (κ3) is 4.12. The molecule has 3 rings (SSSR count). The van der Waals surface area contributed by atoms with Crippen LogP contribution in [0.2, 0.25) is 0 Å². The number of halogens is 1. The van der Waals surface area contributed by atoms with Gasteiger partial charge in [0, 0.05) is 16.6 Å². The lowest BCUT2D eigenvalue weighted by molar-refractivity contribution is 0.102. The number of fused-ring (bicyclic) bond motifs is 1. The zero-order valence-electron chi connectivity index (χ0n) is 14.1. The van der Waals surface area contributed by atoms with E-state index < -0.39 is 5.95 Å². The number of amides is 1. The molecule has 1 N–H and O–H groups in total. The predicted molar refractivity (Wildman–Crippen MR) is 96.4 cm³/mol. The summed E-state index contributed by atoms with van der Waals surface area (Å²) in [7, 11) is 0. The Morgan fingerprint density at radius 1 is 1.16 bits per heavy atom. The summed E-state index contributed by atoms with van der Waals surface area (Å²) >= 11 is 0. The number of rotatable bonds is 5. The Bertz CT molecular complexity index is 895. The smallest absolute Gasteiger partial charge is 0.255 e. The summed E-state index contributed by atoms with van der Waals surface area (Å²) in [6.45, 7) is 4.37. The van der Waals surface area contributed by atoms with Crippen molar-refractivity contribution in [1.29, 1.82) is 0 Å². The van der Waals surface area contributed by atoms with Crippen LogP contribution >= 0.6 is 0 Å². The third-order valence-electron chi connectivity index (χ3n) is 3.60. The Morgan fingerprint density at radius 2 is 1.92 bits per heavy atom. The lowest BCUT2D eigenvalue weighted by Crippen LogP contribution is -2.11. The number of pyridine rings is 1. The van der Waals surface area contributed by atoms with Crippen molar-refractivity contribution in [2.75, 3.05) is 11.9 Å². The first-order valence-corrected chi connectivity index (χ1v) is 8.12. The van der Waals surface area contributed by atoms with Crippen LogP contribution in [0.5, 0.6) is 5.75 Å². The molecular formula is C20H19FN2O2. The molecule has 0 saturated heterocycles. The highest BCUT2D eigenvalue weighted by atomic mass is 19.1. The SMILES string of the molecule is CC(C)COc1cc2cc(C(=O)Nc3ccccc3)ccc2nc1F. The third-order valence-corrected chi connectivity index (χ3v) is 3.60. The van der Waals surface area contributed by atoms with Crippen LogP contribution in [0.25, 0.3) is 10.9 Å². The van der Waals surface area contributed by atoms with Gasteiger partial charge >= 0.3 is 0 Å². The largest absolute Gasteiger partial charge is 0.488 e. The lowest BCUT2D eigenvalue weighted by Gasteiger charge is -2.10. The molecule has 0 spiro atoms. The number of aromatic nitrogens is 1. The Kier molecular flexibility index (Phi) is 4.93. The highest BCUT2D eigenvalue weighted by molar-refractivity contribution is 6.06. The number of anilines is 1. The number of nitrogens with one attached hydrogen (secondary N) is 1. The van der Waals surface area contributed by atoms with Crippen molar-refractivity contribution in [1.82, 2.24) is 4.98 Å². The quantitative estimate of drug-likeness (QED) is 0.688. The van der Waals surface area contributed by atoms with Crippen molar-refractivity contribution in [2.45, 2.75) is 13.8 Å². The summed E-state index contributed by atoms with van der Waals surface area (Å²) in [5, 5.41) is 3.48. The standard InChI is InChI=1S/C20H19FN2O2/c1-13(2)12-25-18-11-15-10-14(8-9-17(15)23-19(18)21)20(24)22-16-6-4-3-5-7-16/h3-11,13H,12H2,1-2H3,(H,22,24). The van der Waals surface area contributed by atoms with Crippen LogP contribution in [0.4, 0.5) is 10.1 Å². The van der Waals surface area contributed by atoms with E-state index in [1.165, 1.54) is 0 Å². The highest BCUT2D eigenvalue weighted by Gasteiger charge is 2.12. The van der Waals surface area contributed by atoms with Gasteiger partial charge in [-0.05, 0) is 42.3 Å². The molecule has 0 aliphatic heterocycles. The number of hydrogen-bond donors (Lipinski definition) is 1. The first-order chi connectivity index (χ1) is 12.0. The molecular weight excluding hydrogens is 319 g/mol. The van der Waals surface area contributed by atoms with E-state index in [1.54, 1.807) is 24.3 Å². The summed E-state index contributed by atoms with van der Waals surface area (Å²) < 4.78 is 19.5. The number of carbonyl (C=O) groups excluding carboxylic acids is 1. The molecule has 1 aromatic heterocycles. The van der Waals surface area contributed by atoms with Gasteiger partial charge in [-0.15, -0.1) is 0 Å². The van der Waals surface area contributed by atoms with Gasteiger partial charge in [0.25, 0.3) is 11.9 Å². The molecule has 1 heterocycles. The molecule has 2 aromatic carbocycles. The molecule has 0 radical (unpaired) electrons. The van der Waals surface area contributed by atoms with Gasteiger partial charge in [0.05, 0.1) is 12.1 Å². The van der Waals surface area contributed by atoms with Crippen LogP contribution in [-0.2, 0) is 0 Å². The van der Waals surface area contributed by atoms with E-state index in [2.05, 4.69) is 10.3 Å². The van der Waals surface area contributed by atoms with Crippen LogP contribution in [0.1, 0.15) is 24.2 Å². The topological polar surface area (TPSA) is 51.2 Å². The van der Waals surface area contributed by atoms with E-state index in [-0.39, 0.29) is 17.6 Å². The molecule has 5 heteroatoms. The number of benzene rings is 2. The van der Waals surface area contributed by atoms with E-state index in [0.29, 0.717) is 28.8 Å².